The number of aryl methyl sites for hydroxylation is 1. The number of anilines is 1. The largest absolute Gasteiger partial charge is 0.297 e. The summed E-state index contributed by atoms with van der Waals surface area (Å²) in [7, 11) is 0. The molecule has 0 aliphatic carbocycles. The highest BCUT2D eigenvalue weighted by molar-refractivity contribution is 7.19. The number of amides is 1. The number of nitrogens with one attached hydrogen (secondary N) is 1. The van der Waals surface area contributed by atoms with Crippen LogP contribution in [0, 0.1) is 0 Å². The quantitative estimate of drug-likeness (QED) is 0.497. The molecule has 0 aliphatic rings. The van der Waals surface area contributed by atoms with Crippen LogP contribution in [0.4, 0.5) is 5.13 Å². The summed E-state index contributed by atoms with van der Waals surface area (Å²) >= 11 is 2.99. The molecule has 2 aromatic heterocycles. The first-order valence-corrected chi connectivity index (χ1v) is 9.55. The average molecular weight is 358 g/mol. The third-order valence-electron chi connectivity index (χ3n) is 3.38. The van der Waals surface area contributed by atoms with E-state index in [9.17, 15) is 4.79 Å². The maximum atomic E-state index is 12.0. The van der Waals surface area contributed by atoms with Crippen molar-refractivity contribution in [3.63, 3.8) is 0 Å². The second kappa shape index (κ2) is 8.12. The van der Waals surface area contributed by atoms with Gasteiger partial charge in [-0.3, -0.25) is 10.1 Å². The van der Waals surface area contributed by atoms with Gasteiger partial charge in [-0.1, -0.05) is 43.2 Å². The van der Waals surface area contributed by atoms with E-state index in [0.717, 1.165) is 33.1 Å². The molecule has 1 amide bonds. The summed E-state index contributed by atoms with van der Waals surface area (Å²) in [6.45, 7) is 2.17. The molecule has 0 atom stereocenters. The van der Waals surface area contributed by atoms with Gasteiger partial charge in [-0.2, -0.15) is 0 Å². The summed E-state index contributed by atoms with van der Waals surface area (Å²) in [5.41, 5.74) is 0.948. The molecule has 2 heterocycles. The van der Waals surface area contributed by atoms with Crippen molar-refractivity contribution < 1.29 is 4.79 Å². The van der Waals surface area contributed by atoms with Gasteiger partial charge in [-0.25, -0.2) is 4.98 Å². The molecule has 0 unspecified atom stereocenters. The van der Waals surface area contributed by atoms with Gasteiger partial charge in [0.1, 0.15) is 10.0 Å². The molecule has 0 spiro atoms. The Hall–Kier alpha value is -2.12. The summed E-state index contributed by atoms with van der Waals surface area (Å²) in [6.07, 6.45) is 7.60. The van der Waals surface area contributed by atoms with E-state index in [1.807, 2.05) is 24.3 Å². The number of hydrogen-bond donors (Lipinski definition) is 1. The second-order valence-corrected chi connectivity index (χ2v) is 7.42. The smallest absolute Gasteiger partial charge is 0.250 e. The number of carbonyl (C=O) groups is 1. The van der Waals surface area contributed by atoms with Crippen LogP contribution in [0.25, 0.3) is 16.3 Å². The van der Waals surface area contributed by atoms with E-state index in [1.54, 1.807) is 17.4 Å². The topological polar surface area (TPSA) is 67.8 Å². The van der Waals surface area contributed by atoms with Gasteiger partial charge in [0.2, 0.25) is 11.0 Å². The summed E-state index contributed by atoms with van der Waals surface area (Å²) in [4.78, 5) is 16.5. The lowest BCUT2D eigenvalue weighted by molar-refractivity contribution is -0.111. The molecule has 1 N–H and O–H groups in total. The van der Waals surface area contributed by atoms with Crippen LogP contribution < -0.4 is 5.32 Å². The first kappa shape index (κ1) is 16.7. The van der Waals surface area contributed by atoms with E-state index in [4.69, 9.17) is 0 Å². The van der Waals surface area contributed by atoms with Gasteiger partial charge in [0.15, 0.2) is 0 Å². The molecule has 0 fully saturated rings. The van der Waals surface area contributed by atoms with Crippen molar-refractivity contribution in [2.75, 3.05) is 5.32 Å². The van der Waals surface area contributed by atoms with Gasteiger partial charge in [-0.15, -0.1) is 21.5 Å². The number of thiazole rings is 1. The number of rotatable bonds is 7. The first-order chi connectivity index (χ1) is 11.7. The minimum Gasteiger partial charge on any atom is -0.297 e. The molecule has 124 valence electrons. The Balaban J connectivity index is 1.56. The Morgan fingerprint density at radius 2 is 2.08 bits per heavy atom. The number of unbranched alkanes of at least 4 members (excludes halogenated alkanes) is 2. The molecule has 3 aromatic rings. The van der Waals surface area contributed by atoms with Crippen LogP contribution in [0.1, 0.15) is 36.2 Å². The molecule has 24 heavy (non-hydrogen) atoms. The van der Waals surface area contributed by atoms with E-state index in [0.29, 0.717) is 5.13 Å². The molecule has 0 aliphatic heterocycles. The van der Waals surface area contributed by atoms with Crippen LogP contribution in [0.2, 0.25) is 0 Å². The Morgan fingerprint density at radius 3 is 2.92 bits per heavy atom. The maximum absolute atomic E-state index is 12.0. The van der Waals surface area contributed by atoms with Gasteiger partial charge in [-0.05, 0) is 24.6 Å². The third-order valence-corrected chi connectivity index (χ3v) is 5.28. The van der Waals surface area contributed by atoms with Gasteiger partial charge in [0.05, 0.1) is 10.2 Å². The van der Waals surface area contributed by atoms with E-state index >= 15 is 0 Å². The van der Waals surface area contributed by atoms with E-state index < -0.39 is 0 Å². The fourth-order valence-electron chi connectivity index (χ4n) is 2.19. The van der Waals surface area contributed by atoms with Gasteiger partial charge in [0.25, 0.3) is 0 Å². The van der Waals surface area contributed by atoms with E-state index in [1.165, 1.54) is 30.3 Å². The predicted octanol–water partition coefficient (Wildman–Crippen LogP) is 4.53. The SMILES string of the molecule is CCCCCc1nnc(NC(=O)/C=C/c2nc3ccccc3s2)s1. The monoisotopic (exact) mass is 358 g/mol. The lowest BCUT2D eigenvalue weighted by atomic mass is 10.2. The number of aromatic nitrogens is 3. The van der Waals surface area contributed by atoms with Crippen molar-refractivity contribution in [3.8, 4) is 0 Å². The van der Waals surface area contributed by atoms with Crippen LogP contribution in [0.3, 0.4) is 0 Å². The number of para-hydroxylation sites is 1. The van der Waals surface area contributed by atoms with Crippen LogP contribution in [0.5, 0.6) is 0 Å². The van der Waals surface area contributed by atoms with E-state index in [2.05, 4.69) is 27.4 Å². The van der Waals surface area contributed by atoms with E-state index in [-0.39, 0.29) is 5.91 Å². The van der Waals surface area contributed by atoms with Crippen molar-refractivity contribution in [3.05, 3.63) is 40.4 Å². The molecule has 7 heteroatoms. The summed E-state index contributed by atoms with van der Waals surface area (Å²) in [6, 6.07) is 7.92. The van der Waals surface area contributed by atoms with Crippen LogP contribution in [-0.2, 0) is 11.2 Å². The number of hydrogen-bond acceptors (Lipinski definition) is 6. The lowest BCUT2D eigenvalue weighted by Gasteiger charge is -1.94. The highest BCUT2D eigenvalue weighted by Gasteiger charge is 2.06. The second-order valence-electron chi connectivity index (χ2n) is 5.30. The number of benzene rings is 1. The molecule has 0 saturated carbocycles. The van der Waals surface area contributed by atoms with Crippen molar-refractivity contribution in [2.24, 2.45) is 0 Å². The first-order valence-electron chi connectivity index (χ1n) is 7.91. The molecule has 5 nitrogen and oxygen atoms in total. The summed E-state index contributed by atoms with van der Waals surface area (Å²) in [5.74, 6) is -0.217. The Labute approximate surface area is 148 Å². The van der Waals surface area contributed by atoms with Crippen molar-refractivity contribution in [1.29, 1.82) is 0 Å². The lowest BCUT2D eigenvalue weighted by Crippen LogP contribution is -2.07. The predicted molar refractivity (Wildman–Crippen MR) is 100 cm³/mol. The molecular formula is C17H18N4OS2. The Kier molecular flexibility index (Phi) is 5.66. The standard InChI is InChI=1S/C17H18N4OS2/c1-2-3-4-9-16-20-21-17(24-16)19-14(22)10-11-15-18-12-7-5-6-8-13(12)23-15/h5-8,10-11H,2-4,9H2,1H3,(H,19,21,22)/b11-10+. The number of carbonyl (C=O) groups excluding carboxylic acids is 1. The minimum absolute atomic E-state index is 0.217. The Morgan fingerprint density at radius 1 is 1.21 bits per heavy atom. The number of nitrogens with zero attached hydrogens (tertiary/aromatic N) is 3. The van der Waals surface area contributed by atoms with Crippen molar-refractivity contribution in [1.82, 2.24) is 15.2 Å². The van der Waals surface area contributed by atoms with Crippen molar-refractivity contribution in [2.45, 2.75) is 32.6 Å². The van der Waals surface area contributed by atoms with Crippen LogP contribution in [-0.4, -0.2) is 21.1 Å². The number of fused-ring (bicyclic) bond motifs is 1. The molecule has 3 rings (SSSR count). The highest BCUT2D eigenvalue weighted by atomic mass is 32.1. The van der Waals surface area contributed by atoms with Gasteiger partial charge in [0, 0.05) is 12.5 Å². The van der Waals surface area contributed by atoms with Crippen LogP contribution >= 0.6 is 22.7 Å². The molecular weight excluding hydrogens is 340 g/mol. The molecule has 0 radical (unpaired) electrons. The summed E-state index contributed by atoms with van der Waals surface area (Å²) in [5, 5.41) is 13.2. The van der Waals surface area contributed by atoms with Gasteiger partial charge < -0.3 is 0 Å². The average Bonchev–Trinajstić information content (AvgIpc) is 3.19. The normalized spacial score (nSPS) is 11.4. The van der Waals surface area contributed by atoms with Crippen molar-refractivity contribution >= 4 is 50.0 Å². The maximum Gasteiger partial charge on any atom is 0.250 e. The minimum atomic E-state index is -0.217. The zero-order valence-electron chi connectivity index (χ0n) is 13.4. The van der Waals surface area contributed by atoms with Crippen LogP contribution in [0.15, 0.2) is 30.3 Å². The zero-order valence-corrected chi connectivity index (χ0v) is 15.0. The highest BCUT2D eigenvalue weighted by Crippen LogP contribution is 2.22. The molecule has 0 saturated heterocycles. The third kappa shape index (κ3) is 4.46. The summed E-state index contributed by atoms with van der Waals surface area (Å²) < 4.78 is 1.11. The molecule has 0 bridgehead atoms. The zero-order chi connectivity index (χ0) is 16.8. The molecule has 1 aromatic carbocycles. The fraction of sp³-hybridized carbons (Fsp3) is 0.294. The Bertz CT molecular complexity index is 820. The van der Waals surface area contributed by atoms with Gasteiger partial charge >= 0.3 is 0 Å². The fourth-order valence-corrected chi connectivity index (χ4v) is 3.84.